The molecule has 102 valence electrons. The zero-order valence-corrected chi connectivity index (χ0v) is 11.4. The molecular formula is C16H16N2O2. The summed E-state index contributed by atoms with van der Waals surface area (Å²) in [5, 5.41) is 8.73. The standard InChI is InChI=1S/C16H16N2O2/c1-12-5-8-14(9-6-12)18(2)16-13(4-3-11-17-16)7-10-15(19)20/h3-11H,1-2H3,(H,19,20)/b10-7+. The number of rotatable bonds is 4. The van der Waals surface area contributed by atoms with Gasteiger partial charge in [-0.05, 0) is 37.3 Å². The number of anilines is 2. The summed E-state index contributed by atoms with van der Waals surface area (Å²) in [7, 11) is 1.91. The third-order valence-electron chi connectivity index (χ3n) is 2.96. The van der Waals surface area contributed by atoms with Crippen LogP contribution < -0.4 is 4.90 Å². The zero-order chi connectivity index (χ0) is 14.5. The number of pyridine rings is 1. The molecule has 0 spiro atoms. The Hall–Kier alpha value is -2.62. The minimum atomic E-state index is -0.974. The summed E-state index contributed by atoms with van der Waals surface area (Å²) < 4.78 is 0. The van der Waals surface area contributed by atoms with Crippen molar-refractivity contribution in [3.63, 3.8) is 0 Å². The van der Waals surface area contributed by atoms with E-state index in [0.29, 0.717) is 5.82 Å². The molecule has 1 aromatic carbocycles. The van der Waals surface area contributed by atoms with Crippen LogP contribution in [-0.4, -0.2) is 23.1 Å². The van der Waals surface area contributed by atoms with Gasteiger partial charge in [0.25, 0.3) is 0 Å². The van der Waals surface area contributed by atoms with Crippen LogP contribution in [0.25, 0.3) is 6.08 Å². The maximum atomic E-state index is 10.6. The van der Waals surface area contributed by atoms with Gasteiger partial charge in [0.05, 0.1) is 0 Å². The third-order valence-corrected chi connectivity index (χ3v) is 2.96. The van der Waals surface area contributed by atoms with Gasteiger partial charge in [-0.25, -0.2) is 9.78 Å². The molecule has 1 aromatic heterocycles. The molecule has 1 N–H and O–H groups in total. The van der Waals surface area contributed by atoms with E-state index in [0.717, 1.165) is 17.3 Å². The minimum Gasteiger partial charge on any atom is -0.478 e. The van der Waals surface area contributed by atoms with E-state index >= 15 is 0 Å². The van der Waals surface area contributed by atoms with Crippen LogP contribution in [0.2, 0.25) is 0 Å². The molecule has 0 aliphatic heterocycles. The lowest BCUT2D eigenvalue weighted by molar-refractivity contribution is -0.131. The lowest BCUT2D eigenvalue weighted by Crippen LogP contribution is -2.12. The van der Waals surface area contributed by atoms with Crippen LogP contribution in [0.4, 0.5) is 11.5 Å². The van der Waals surface area contributed by atoms with Crippen molar-refractivity contribution in [1.29, 1.82) is 0 Å². The van der Waals surface area contributed by atoms with Gasteiger partial charge in [-0.1, -0.05) is 17.7 Å². The van der Waals surface area contributed by atoms with E-state index in [2.05, 4.69) is 4.98 Å². The lowest BCUT2D eigenvalue weighted by Gasteiger charge is -2.20. The maximum absolute atomic E-state index is 10.6. The fourth-order valence-electron chi connectivity index (χ4n) is 1.87. The van der Waals surface area contributed by atoms with Gasteiger partial charge in [0, 0.05) is 30.6 Å². The van der Waals surface area contributed by atoms with Crippen molar-refractivity contribution in [3.8, 4) is 0 Å². The highest BCUT2D eigenvalue weighted by molar-refractivity contribution is 5.87. The highest BCUT2D eigenvalue weighted by atomic mass is 16.4. The van der Waals surface area contributed by atoms with E-state index < -0.39 is 5.97 Å². The molecule has 0 saturated carbocycles. The summed E-state index contributed by atoms with van der Waals surface area (Å²) in [6, 6.07) is 11.7. The molecule has 0 atom stereocenters. The maximum Gasteiger partial charge on any atom is 0.328 e. The van der Waals surface area contributed by atoms with Crippen molar-refractivity contribution in [2.24, 2.45) is 0 Å². The molecule has 0 unspecified atom stereocenters. The van der Waals surface area contributed by atoms with Crippen molar-refractivity contribution >= 4 is 23.6 Å². The van der Waals surface area contributed by atoms with Crippen LogP contribution in [0, 0.1) is 6.92 Å². The molecule has 1 heterocycles. The first kappa shape index (κ1) is 13.8. The molecule has 4 heteroatoms. The Bertz CT molecular complexity index is 633. The monoisotopic (exact) mass is 268 g/mol. The number of benzene rings is 1. The summed E-state index contributed by atoms with van der Waals surface area (Å²) in [6.07, 6.45) is 4.36. The van der Waals surface area contributed by atoms with E-state index in [-0.39, 0.29) is 0 Å². The second kappa shape index (κ2) is 6.02. The van der Waals surface area contributed by atoms with Gasteiger partial charge in [0.1, 0.15) is 5.82 Å². The van der Waals surface area contributed by atoms with Gasteiger partial charge in [-0.2, -0.15) is 0 Å². The van der Waals surface area contributed by atoms with Crippen LogP contribution in [0.1, 0.15) is 11.1 Å². The highest BCUT2D eigenvalue weighted by Crippen LogP contribution is 2.25. The molecule has 2 rings (SSSR count). The molecule has 0 bridgehead atoms. The predicted molar refractivity (Wildman–Crippen MR) is 80.1 cm³/mol. The van der Waals surface area contributed by atoms with E-state index in [4.69, 9.17) is 5.11 Å². The van der Waals surface area contributed by atoms with Crippen molar-refractivity contribution in [2.45, 2.75) is 6.92 Å². The summed E-state index contributed by atoms with van der Waals surface area (Å²) >= 11 is 0. The Kier molecular flexibility index (Phi) is 4.15. The van der Waals surface area contributed by atoms with Crippen LogP contribution in [0.5, 0.6) is 0 Å². The zero-order valence-electron chi connectivity index (χ0n) is 11.4. The molecular weight excluding hydrogens is 252 g/mol. The smallest absolute Gasteiger partial charge is 0.328 e. The van der Waals surface area contributed by atoms with Gasteiger partial charge < -0.3 is 10.0 Å². The fourth-order valence-corrected chi connectivity index (χ4v) is 1.87. The van der Waals surface area contributed by atoms with E-state index in [1.54, 1.807) is 18.3 Å². The molecule has 0 saturated heterocycles. The Morgan fingerprint density at radius 1 is 1.25 bits per heavy atom. The number of nitrogens with zero attached hydrogens (tertiary/aromatic N) is 2. The lowest BCUT2D eigenvalue weighted by atomic mass is 10.2. The normalized spacial score (nSPS) is 10.7. The number of aliphatic carboxylic acids is 1. The molecule has 4 nitrogen and oxygen atoms in total. The third kappa shape index (κ3) is 3.23. The number of carboxylic acids is 1. The van der Waals surface area contributed by atoms with Crippen LogP contribution in [-0.2, 0) is 4.79 Å². The van der Waals surface area contributed by atoms with E-state index in [9.17, 15) is 4.79 Å². The average Bonchev–Trinajstić information content (AvgIpc) is 2.45. The number of hydrogen-bond donors (Lipinski definition) is 1. The average molecular weight is 268 g/mol. The predicted octanol–water partition coefficient (Wildman–Crippen LogP) is 3.26. The first-order valence-electron chi connectivity index (χ1n) is 6.24. The quantitative estimate of drug-likeness (QED) is 0.865. The van der Waals surface area contributed by atoms with Gasteiger partial charge >= 0.3 is 5.97 Å². The van der Waals surface area contributed by atoms with Crippen molar-refractivity contribution < 1.29 is 9.90 Å². The molecule has 0 aliphatic carbocycles. The topological polar surface area (TPSA) is 53.4 Å². The molecule has 0 fully saturated rings. The Morgan fingerprint density at radius 2 is 1.95 bits per heavy atom. The van der Waals surface area contributed by atoms with Gasteiger partial charge in [-0.15, -0.1) is 0 Å². The molecule has 20 heavy (non-hydrogen) atoms. The molecule has 0 amide bonds. The number of carbonyl (C=O) groups is 1. The summed E-state index contributed by atoms with van der Waals surface area (Å²) in [5.41, 5.74) is 2.95. The molecule has 0 aliphatic rings. The second-order valence-electron chi connectivity index (χ2n) is 4.48. The Balaban J connectivity index is 2.36. The minimum absolute atomic E-state index is 0.717. The van der Waals surface area contributed by atoms with Crippen molar-refractivity contribution in [2.75, 3.05) is 11.9 Å². The van der Waals surface area contributed by atoms with Crippen LogP contribution >= 0.6 is 0 Å². The SMILES string of the molecule is Cc1ccc(N(C)c2ncccc2/C=C/C(=O)O)cc1. The van der Waals surface area contributed by atoms with E-state index in [1.165, 1.54) is 5.56 Å². The Labute approximate surface area is 118 Å². The number of hydrogen-bond acceptors (Lipinski definition) is 3. The van der Waals surface area contributed by atoms with Gasteiger partial charge in [0.2, 0.25) is 0 Å². The number of aryl methyl sites for hydroxylation is 1. The second-order valence-corrected chi connectivity index (χ2v) is 4.48. The molecule has 0 radical (unpaired) electrons. The van der Waals surface area contributed by atoms with Gasteiger partial charge in [0.15, 0.2) is 0 Å². The van der Waals surface area contributed by atoms with E-state index in [1.807, 2.05) is 49.2 Å². The fraction of sp³-hybridized carbons (Fsp3) is 0.125. The van der Waals surface area contributed by atoms with Gasteiger partial charge in [-0.3, -0.25) is 0 Å². The number of carboxylic acid groups (broad SMARTS) is 1. The Morgan fingerprint density at radius 3 is 2.60 bits per heavy atom. The van der Waals surface area contributed by atoms with Crippen molar-refractivity contribution in [1.82, 2.24) is 4.98 Å². The van der Waals surface area contributed by atoms with Crippen LogP contribution in [0.15, 0.2) is 48.7 Å². The largest absolute Gasteiger partial charge is 0.478 e. The highest BCUT2D eigenvalue weighted by Gasteiger charge is 2.08. The molecule has 2 aromatic rings. The first-order chi connectivity index (χ1) is 9.58. The van der Waals surface area contributed by atoms with Crippen molar-refractivity contribution in [3.05, 3.63) is 59.8 Å². The number of aromatic nitrogens is 1. The summed E-state index contributed by atoms with van der Waals surface area (Å²) in [6.45, 7) is 2.03. The first-order valence-corrected chi connectivity index (χ1v) is 6.24. The summed E-state index contributed by atoms with van der Waals surface area (Å²) in [5.74, 6) is -0.258. The summed E-state index contributed by atoms with van der Waals surface area (Å²) in [4.78, 5) is 16.9. The van der Waals surface area contributed by atoms with Crippen LogP contribution in [0.3, 0.4) is 0 Å².